The van der Waals surface area contributed by atoms with E-state index in [4.69, 9.17) is 4.74 Å². The molecule has 2 aliphatic heterocycles. The molecule has 7 heteroatoms. The zero-order chi connectivity index (χ0) is 20.8. The van der Waals surface area contributed by atoms with Crippen molar-refractivity contribution in [2.24, 2.45) is 0 Å². The van der Waals surface area contributed by atoms with Crippen LogP contribution in [0, 0.1) is 5.82 Å². The van der Waals surface area contributed by atoms with Crippen molar-refractivity contribution in [2.75, 3.05) is 23.5 Å². The summed E-state index contributed by atoms with van der Waals surface area (Å²) in [5, 5.41) is 4.51. The smallest absolute Gasteiger partial charge is 0.140 e. The molecule has 1 fully saturated rings. The lowest BCUT2D eigenvalue weighted by Gasteiger charge is -2.35. The van der Waals surface area contributed by atoms with Crippen molar-refractivity contribution in [3.05, 3.63) is 60.2 Å². The summed E-state index contributed by atoms with van der Waals surface area (Å²) in [5.74, 6) is 2.44. The standard InChI is InChI=1S/C23H24FN3O2S/c1-15-3-8-21-22(26(15)2)10-9-20(23(21)29-19-6-4-17(24)5-7-19)16-11-25-27(12-16)18-13-30(28)14-18/h4-7,9-12,15,18H,3,8,13-14H2,1-2H3. The second kappa shape index (κ2) is 7.54. The van der Waals surface area contributed by atoms with Crippen LogP contribution in [0.4, 0.5) is 10.1 Å². The Morgan fingerprint density at radius 2 is 1.93 bits per heavy atom. The highest BCUT2D eigenvalue weighted by Gasteiger charge is 2.29. The Hall–Kier alpha value is -2.67. The lowest BCUT2D eigenvalue weighted by molar-refractivity contribution is 0.469. The number of anilines is 1. The van der Waals surface area contributed by atoms with Crippen molar-refractivity contribution in [2.45, 2.75) is 31.8 Å². The quantitative estimate of drug-likeness (QED) is 0.615. The predicted molar refractivity (Wildman–Crippen MR) is 117 cm³/mol. The summed E-state index contributed by atoms with van der Waals surface area (Å²) in [6, 6.07) is 11.0. The SMILES string of the molecule is CC1CCc2c(ccc(-c3cnn(C4CS(=O)C4)c3)c2Oc2ccc(F)cc2)N1C. The van der Waals surface area contributed by atoms with Gasteiger partial charge < -0.3 is 9.64 Å². The number of hydrogen-bond acceptors (Lipinski definition) is 4. The van der Waals surface area contributed by atoms with Crippen molar-refractivity contribution < 1.29 is 13.3 Å². The third kappa shape index (κ3) is 3.41. The Kier molecular flexibility index (Phi) is 4.85. The molecular weight excluding hydrogens is 401 g/mol. The number of rotatable bonds is 4. The molecule has 0 radical (unpaired) electrons. The Bertz CT molecular complexity index is 1100. The normalized spacial score (nSPS) is 23.0. The summed E-state index contributed by atoms with van der Waals surface area (Å²) in [5.41, 5.74) is 4.26. The fraction of sp³-hybridized carbons (Fsp3) is 0.348. The second-order valence-corrected chi connectivity index (χ2v) is 9.68. The first-order valence-corrected chi connectivity index (χ1v) is 11.7. The van der Waals surface area contributed by atoms with Gasteiger partial charge >= 0.3 is 0 Å². The molecule has 0 saturated carbocycles. The maximum Gasteiger partial charge on any atom is 0.140 e. The highest BCUT2D eigenvalue weighted by Crippen LogP contribution is 2.44. The first kappa shape index (κ1) is 19.3. The summed E-state index contributed by atoms with van der Waals surface area (Å²) in [6.07, 6.45) is 5.81. The number of aromatic nitrogens is 2. The van der Waals surface area contributed by atoms with E-state index < -0.39 is 10.8 Å². The molecule has 0 N–H and O–H groups in total. The van der Waals surface area contributed by atoms with Crippen LogP contribution in [0.3, 0.4) is 0 Å². The first-order valence-electron chi connectivity index (χ1n) is 10.2. The zero-order valence-electron chi connectivity index (χ0n) is 17.0. The van der Waals surface area contributed by atoms with Crippen LogP contribution in [0.1, 0.15) is 24.9 Å². The van der Waals surface area contributed by atoms with Crippen molar-refractivity contribution in [1.82, 2.24) is 9.78 Å². The fourth-order valence-electron chi connectivity index (χ4n) is 4.15. The molecule has 1 atom stereocenters. The van der Waals surface area contributed by atoms with E-state index in [1.54, 1.807) is 12.1 Å². The molecular formula is C23H24FN3O2S. The van der Waals surface area contributed by atoms with Crippen LogP contribution < -0.4 is 9.64 Å². The van der Waals surface area contributed by atoms with Crippen LogP contribution >= 0.6 is 0 Å². The summed E-state index contributed by atoms with van der Waals surface area (Å²) < 4.78 is 33.1. The predicted octanol–water partition coefficient (Wildman–Crippen LogP) is 4.56. The van der Waals surface area contributed by atoms with Gasteiger partial charge in [-0.25, -0.2) is 4.39 Å². The topological polar surface area (TPSA) is 47.4 Å². The molecule has 1 aromatic heterocycles. The Balaban J connectivity index is 1.58. The van der Waals surface area contributed by atoms with Crippen molar-refractivity contribution >= 4 is 16.5 Å². The Labute approximate surface area is 177 Å². The van der Waals surface area contributed by atoms with E-state index in [2.05, 4.69) is 36.1 Å². The van der Waals surface area contributed by atoms with E-state index in [1.165, 1.54) is 12.1 Å². The van der Waals surface area contributed by atoms with E-state index in [9.17, 15) is 8.60 Å². The van der Waals surface area contributed by atoms with Crippen LogP contribution in [-0.4, -0.2) is 38.6 Å². The van der Waals surface area contributed by atoms with Gasteiger partial charge in [0.25, 0.3) is 0 Å². The minimum atomic E-state index is -0.722. The van der Waals surface area contributed by atoms with Crippen LogP contribution in [0.2, 0.25) is 0 Å². The molecule has 2 aliphatic rings. The van der Waals surface area contributed by atoms with Gasteiger partial charge in [0.05, 0.1) is 12.2 Å². The zero-order valence-corrected chi connectivity index (χ0v) is 17.9. The molecule has 156 valence electrons. The van der Waals surface area contributed by atoms with Gasteiger partial charge in [0, 0.05) is 64.0 Å². The van der Waals surface area contributed by atoms with E-state index in [1.807, 2.05) is 17.1 Å². The van der Waals surface area contributed by atoms with E-state index in [0.717, 1.165) is 41.0 Å². The molecule has 3 aromatic rings. The van der Waals surface area contributed by atoms with Crippen LogP contribution in [0.5, 0.6) is 11.5 Å². The van der Waals surface area contributed by atoms with Crippen LogP contribution in [0.25, 0.3) is 11.1 Å². The molecule has 0 spiro atoms. The number of fused-ring (bicyclic) bond motifs is 1. The van der Waals surface area contributed by atoms with Crippen molar-refractivity contribution in [3.8, 4) is 22.6 Å². The third-order valence-corrected chi connectivity index (χ3v) is 7.68. The van der Waals surface area contributed by atoms with Gasteiger partial charge in [-0.2, -0.15) is 5.10 Å². The Morgan fingerprint density at radius 3 is 2.67 bits per heavy atom. The van der Waals surface area contributed by atoms with Crippen LogP contribution in [0.15, 0.2) is 48.8 Å². The maximum absolute atomic E-state index is 13.4. The highest BCUT2D eigenvalue weighted by atomic mass is 32.2. The first-order chi connectivity index (χ1) is 14.5. The minimum absolute atomic E-state index is 0.200. The average Bonchev–Trinajstić information content (AvgIpc) is 3.19. The molecule has 3 heterocycles. The molecule has 5 nitrogen and oxygen atoms in total. The monoisotopic (exact) mass is 425 g/mol. The van der Waals surface area contributed by atoms with Crippen LogP contribution in [-0.2, 0) is 17.2 Å². The third-order valence-electron chi connectivity index (χ3n) is 6.17. The molecule has 2 aromatic carbocycles. The van der Waals surface area contributed by atoms with Crippen molar-refractivity contribution in [1.29, 1.82) is 0 Å². The van der Waals surface area contributed by atoms with E-state index >= 15 is 0 Å². The maximum atomic E-state index is 13.4. The van der Waals surface area contributed by atoms with Gasteiger partial charge in [-0.05, 0) is 56.2 Å². The van der Waals surface area contributed by atoms with Gasteiger partial charge in [-0.1, -0.05) is 0 Å². The second-order valence-electron chi connectivity index (χ2n) is 8.13. The molecule has 0 amide bonds. The lowest BCUT2D eigenvalue weighted by Crippen LogP contribution is -2.33. The highest BCUT2D eigenvalue weighted by molar-refractivity contribution is 7.86. The molecule has 0 bridgehead atoms. The van der Waals surface area contributed by atoms with E-state index in [-0.39, 0.29) is 11.9 Å². The lowest BCUT2D eigenvalue weighted by atomic mass is 9.93. The van der Waals surface area contributed by atoms with Gasteiger partial charge in [0.1, 0.15) is 17.3 Å². The van der Waals surface area contributed by atoms with E-state index in [0.29, 0.717) is 23.3 Å². The number of hydrogen-bond donors (Lipinski definition) is 0. The number of halogens is 1. The molecule has 30 heavy (non-hydrogen) atoms. The van der Waals surface area contributed by atoms with Crippen molar-refractivity contribution in [3.63, 3.8) is 0 Å². The van der Waals surface area contributed by atoms with Gasteiger partial charge in [0.15, 0.2) is 0 Å². The molecule has 1 saturated heterocycles. The summed E-state index contributed by atoms with van der Waals surface area (Å²) >= 11 is 0. The Morgan fingerprint density at radius 1 is 1.17 bits per heavy atom. The summed E-state index contributed by atoms with van der Waals surface area (Å²) in [4.78, 5) is 2.28. The minimum Gasteiger partial charge on any atom is -0.456 e. The van der Waals surface area contributed by atoms with Gasteiger partial charge in [0.2, 0.25) is 0 Å². The number of benzene rings is 2. The molecule has 0 aliphatic carbocycles. The van der Waals surface area contributed by atoms with Gasteiger partial charge in [-0.3, -0.25) is 8.89 Å². The number of nitrogens with zero attached hydrogens (tertiary/aromatic N) is 3. The fourth-order valence-corrected chi connectivity index (χ4v) is 5.21. The van der Waals surface area contributed by atoms with Gasteiger partial charge in [-0.15, -0.1) is 0 Å². The molecule has 1 unspecified atom stereocenters. The number of ether oxygens (including phenoxy) is 1. The summed E-state index contributed by atoms with van der Waals surface area (Å²) in [6.45, 7) is 2.23. The molecule has 5 rings (SSSR count). The average molecular weight is 426 g/mol. The summed E-state index contributed by atoms with van der Waals surface area (Å²) in [7, 11) is 1.39. The largest absolute Gasteiger partial charge is 0.456 e.